The molecule has 0 spiro atoms. The number of aldehydes is 1. The summed E-state index contributed by atoms with van der Waals surface area (Å²) in [6, 6.07) is 10.5. The monoisotopic (exact) mass is 288 g/mol. The Morgan fingerprint density at radius 1 is 1.00 bits per heavy atom. The van der Waals surface area contributed by atoms with Crippen LogP contribution in [-0.2, 0) is 0 Å². The van der Waals surface area contributed by atoms with Crippen LogP contribution in [0.3, 0.4) is 0 Å². The highest BCUT2D eigenvalue weighted by atomic mass is 19.1. The van der Waals surface area contributed by atoms with E-state index in [4.69, 9.17) is 9.47 Å². The molecule has 110 valence electrons. The molecule has 0 saturated carbocycles. The predicted octanol–water partition coefficient (Wildman–Crippen LogP) is 4.10. The molecule has 2 rings (SSSR count). The molecule has 3 nitrogen and oxygen atoms in total. The average Bonchev–Trinajstić information content (AvgIpc) is 2.50. The minimum atomic E-state index is -0.643. The topological polar surface area (TPSA) is 35.5 Å². The number of hydrogen-bond acceptors (Lipinski definition) is 3. The van der Waals surface area contributed by atoms with E-state index < -0.39 is 5.82 Å². The summed E-state index contributed by atoms with van der Waals surface area (Å²) in [5, 5.41) is 0. The smallest absolute Gasteiger partial charge is 0.176 e. The fraction of sp³-hybridized carbons (Fsp3) is 0.235. The van der Waals surface area contributed by atoms with E-state index >= 15 is 0 Å². The molecular formula is C17H17FO3. The first-order valence-electron chi connectivity index (χ1n) is 6.85. The zero-order valence-corrected chi connectivity index (χ0v) is 12.1. The van der Waals surface area contributed by atoms with E-state index in [1.54, 1.807) is 13.0 Å². The lowest BCUT2D eigenvalue weighted by atomic mass is 10.0. The van der Waals surface area contributed by atoms with Crippen molar-refractivity contribution in [2.75, 3.05) is 13.2 Å². The lowest BCUT2D eigenvalue weighted by Crippen LogP contribution is -2.01. The van der Waals surface area contributed by atoms with Crippen LogP contribution in [0.15, 0.2) is 36.4 Å². The number of hydrogen-bond donors (Lipinski definition) is 0. The summed E-state index contributed by atoms with van der Waals surface area (Å²) in [7, 11) is 0. The van der Waals surface area contributed by atoms with Crippen LogP contribution in [0.4, 0.5) is 4.39 Å². The van der Waals surface area contributed by atoms with Gasteiger partial charge in [0.15, 0.2) is 17.9 Å². The number of rotatable bonds is 6. The molecule has 0 amide bonds. The van der Waals surface area contributed by atoms with Crippen molar-refractivity contribution in [3.05, 3.63) is 47.8 Å². The third kappa shape index (κ3) is 3.05. The quantitative estimate of drug-likeness (QED) is 0.751. The Morgan fingerprint density at radius 2 is 1.71 bits per heavy atom. The highest BCUT2D eigenvalue weighted by Gasteiger charge is 2.18. The molecule has 0 aromatic heterocycles. The molecule has 2 aromatic carbocycles. The van der Waals surface area contributed by atoms with Crippen LogP contribution < -0.4 is 9.47 Å². The first-order valence-corrected chi connectivity index (χ1v) is 6.85. The van der Waals surface area contributed by atoms with Crippen molar-refractivity contribution in [1.29, 1.82) is 0 Å². The van der Waals surface area contributed by atoms with Crippen molar-refractivity contribution in [1.82, 2.24) is 0 Å². The molecular weight excluding hydrogens is 271 g/mol. The number of ether oxygens (including phenoxy) is 2. The van der Waals surface area contributed by atoms with Crippen molar-refractivity contribution in [2.24, 2.45) is 0 Å². The van der Waals surface area contributed by atoms with Crippen molar-refractivity contribution in [3.63, 3.8) is 0 Å². The first-order chi connectivity index (χ1) is 10.2. The van der Waals surface area contributed by atoms with E-state index in [-0.39, 0.29) is 11.3 Å². The van der Waals surface area contributed by atoms with Crippen molar-refractivity contribution in [2.45, 2.75) is 13.8 Å². The van der Waals surface area contributed by atoms with Crippen molar-refractivity contribution in [3.8, 4) is 22.6 Å². The Hall–Kier alpha value is -2.36. The van der Waals surface area contributed by atoms with Crippen molar-refractivity contribution >= 4 is 6.29 Å². The molecule has 0 radical (unpaired) electrons. The normalized spacial score (nSPS) is 10.2. The third-order valence-corrected chi connectivity index (χ3v) is 3.02. The van der Waals surface area contributed by atoms with Gasteiger partial charge in [-0.25, -0.2) is 4.39 Å². The Labute approximate surface area is 123 Å². The Morgan fingerprint density at radius 3 is 2.38 bits per heavy atom. The zero-order chi connectivity index (χ0) is 15.2. The molecule has 0 N–H and O–H groups in total. The van der Waals surface area contributed by atoms with Gasteiger partial charge in [-0.05, 0) is 32.0 Å². The number of carbonyl (C=O) groups excluding carboxylic acids is 1. The molecule has 0 aliphatic heterocycles. The highest BCUT2D eigenvalue weighted by molar-refractivity contribution is 5.82. The summed E-state index contributed by atoms with van der Waals surface area (Å²) < 4.78 is 25.3. The minimum absolute atomic E-state index is 0.0175. The maximum absolute atomic E-state index is 14.3. The van der Waals surface area contributed by atoms with Gasteiger partial charge in [-0.3, -0.25) is 4.79 Å². The molecule has 21 heavy (non-hydrogen) atoms. The Bertz CT molecular complexity index is 638. The van der Waals surface area contributed by atoms with Gasteiger partial charge < -0.3 is 9.47 Å². The van der Waals surface area contributed by atoms with E-state index in [2.05, 4.69) is 0 Å². The van der Waals surface area contributed by atoms with E-state index in [0.717, 1.165) is 5.56 Å². The standard InChI is InChI=1S/C17H17FO3/c1-3-20-15-8-6-5-7-13(15)14-10-9-12(11-19)16(18)17(14)21-4-2/h5-11H,3-4H2,1-2H3. The molecule has 0 aliphatic rings. The second-order valence-corrected chi connectivity index (χ2v) is 4.33. The van der Waals surface area contributed by atoms with Crippen LogP contribution >= 0.6 is 0 Å². The van der Waals surface area contributed by atoms with E-state index in [9.17, 15) is 9.18 Å². The van der Waals surface area contributed by atoms with Crippen molar-refractivity contribution < 1.29 is 18.7 Å². The minimum Gasteiger partial charge on any atom is -0.493 e. The number of para-hydroxylation sites is 1. The van der Waals surface area contributed by atoms with Gasteiger partial charge >= 0.3 is 0 Å². The Balaban J connectivity index is 2.63. The summed E-state index contributed by atoms with van der Waals surface area (Å²) in [5.41, 5.74) is 1.29. The van der Waals surface area contributed by atoms with Gasteiger partial charge in [-0.1, -0.05) is 18.2 Å². The molecule has 0 aliphatic carbocycles. The molecule has 2 aromatic rings. The van der Waals surface area contributed by atoms with Gasteiger partial charge in [0.25, 0.3) is 0 Å². The van der Waals surface area contributed by atoms with Crippen LogP contribution in [-0.4, -0.2) is 19.5 Å². The molecule has 0 bridgehead atoms. The van der Waals surface area contributed by atoms with Gasteiger partial charge in [-0.15, -0.1) is 0 Å². The van der Waals surface area contributed by atoms with Gasteiger partial charge in [-0.2, -0.15) is 0 Å². The number of benzene rings is 2. The van der Waals surface area contributed by atoms with Gasteiger partial charge in [0.05, 0.1) is 18.8 Å². The van der Waals surface area contributed by atoms with Crippen LogP contribution in [0.2, 0.25) is 0 Å². The van der Waals surface area contributed by atoms with E-state index in [1.165, 1.54) is 6.07 Å². The SMILES string of the molecule is CCOc1ccccc1-c1ccc(C=O)c(F)c1OCC. The fourth-order valence-corrected chi connectivity index (χ4v) is 2.13. The number of carbonyl (C=O) groups is 1. The fourth-order valence-electron chi connectivity index (χ4n) is 2.13. The highest BCUT2D eigenvalue weighted by Crippen LogP contribution is 2.38. The lowest BCUT2D eigenvalue weighted by molar-refractivity contribution is 0.111. The third-order valence-electron chi connectivity index (χ3n) is 3.02. The van der Waals surface area contributed by atoms with Crippen LogP contribution in [0, 0.1) is 5.82 Å². The maximum Gasteiger partial charge on any atom is 0.176 e. The molecule has 0 atom stereocenters. The summed E-state index contributed by atoms with van der Waals surface area (Å²) in [6.07, 6.45) is 0.482. The second-order valence-electron chi connectivity index (χ2n) is 4.33. The average molecular weight is 288 g/mol. The largest absolute Gasteiger partial charge is 0.493 e. The van der Waals surface area contributed by atoms with Gasteiger partial charge in [0.1, 0.15) is 5.75 Å². The van der Waals surface area contributed by atoms with E-state index in [0.29, 0.717) is 30.8 Å². The maximum atomic E-state index is 14.3. The first kappa shape index (κ1) is 15.0. The molecule has 0 fully saturated rings. The molecule has 0 saturated heterocycles. The Kier molecular flexibility index (Phi) is 4.93. The van der Waals surface area contributed by atoms with Crippen LogP contribution in [0.1, 0.15) is 24.2 Å². The van der Waals surface area contributed by atoms with Crippen LogP contribution in [0.5, 0.6) is 11.5 Å². The summed E-state index contributed by atoms with van der Waals surface area (Å²) in [5.74, 6) is 0.0871. The predicted molar refractivity (Wildman–Crippen MR) is 79.6 cm³/mol. The van der Waals surface area contributed by atoms with Crippen LogP contribution in [0.25, 0.3) is 11.1 Å². The summed E-state index contributed by atoms with van der Waals surface area (Å²) in [4.78, 5) is 10.9. The molecule has 0 heterocycles. The molecule has 0 unspecified atom stereocenters. The summed E-state index contributed by atoms with van der Waals surface area (Å²) >= 11 is 0. The molecule has 4 heteroatoms. The van der Waals surface area contributed by atoms with E-state index in [1.807, 2.05) is 31.2 Å². The number of halogens is 1. The summed E-state index contributed by atoms with van der Waals surface area (Å²) in [6.45, 7) is 4.47. The zero-order valence-electron chi connectivity index (χ0n) is 12.1. The lowest BCUT2D eigenvalue weighted by Gasteiger charge is -2.15. The van der Waals surface area contributed by atoms with Gasteiger partial charge in [0.2, 0.25) is 0 Å². The second kappa shape index (κ2) is 6.88. The van der Waals surface area contributed by atoms with Gasteiger partial charge in [0, 0.05) is 11.1 Å².